The largest absolute Gasteiger partial charge is 0.325 e. The number of rotatable bonds is 3. The lowest BCUT2D eigenvalue weighted by Gasteiger charge is -2.15. The molecular weight excluding hydrogens is 356 g/mol. The Labute approximate surface area is 133 Å². The predicted octanol–water partition coefficient (Wildman–Crippen LogP) is 3.01. The lowest BCUT2D eigenvalue weighted by molar-refractivity contribution is -0.120. The van der Waals surface area contributed by atoms with Crippen molar-refractivity contribution in [1.29, 1.82) is 0 Å². The van der Waals surface area contributed by atoms with Crippen LogP contribution in [-0.4, -0.2) is 14.3 Å². The molecule has 5 nitrogen and oxygen atoms in total. The van der Waals surface area contributed by atoms with Crippen LogP contribution < -0.4 is 10.5 Å². The molecule has 1 saturated carbocycles. The molecule has 116 valence electrons. The first-order valence-electron chi connectivity index (χ1n) is 7.01. The van der Waals surface area contributed by atoms with Gasteiger partial charge in [-0.2, -0.15) is 0 Å². The Bertz CT molecular complexity index is 623. The highest BCUT2D eigenvalue weighted by molar-refractivity contribution is 9.10. The summed E-state index contributed by atoms with van der Waals surface area (Å²) in [5.41, 5.74) is 0.566. The minimum absolute atomic E-state index is 0.000885. The van der Waals surface area contributed by atoms with Crippen molar-refractivity contribution in [2.45, 2.75) is 43.4 Å². The summed E-state index contributed by atoms with van der Waals surface area (Å²) in [7, 11) is -3.74. The summed E-state index contributed by atoms with van der Waals surface area (Å²) >= 11 is 3.27. The predicted molar refractivity (Wildman–Crippen MR) is 85.3 cm³/mol. The highest BCUT2D eigenvalue weighted by Crippen LogP contribution is 2.28. The van der Waals surface area contributed by atoms with Crippen molar-refractivity contribution in [2.24, 2.45) is 11.1 Å². The van der Waals surface area contributed by atoms with Gasteiger partial charge in [-0.1, -0.05) is 25.7 Å². The number of primary sulfonamides is 1. The standard InChI is InChI=1S/C14H19BrN2O3S/c15-12-9-11(21(16,19)20)7-8-13(12)17-14(18)10-5-3-1-2-4-6-10/h7-10H,1-6H2,(H,17,18)(H2,16,19,20). The summed E-state index contributed by atoms with van der Waals surface area (Å²) < 4.78 is 23.1. The molecule has 1 amide bonds. The molecule has 0 aromatic heterocycles. The number of benzene rings is 1. The number of amides is 1. The van der Waals surface area contributed by atoms with E-state index in [1.807, 2.05) is 0 Å². The zero-order valence-corrected chi connectivity index (χ0v) is 14.0. The van der Waals surface area contributed by atoms with Crippen molar-refractivity contribution < 1.29 is 13.2 Å². The number of anilines is 1. The molecule has 0 bridgehead atoms. The topological polar surface area (TPSA) is 89.3 Å². The zero-order valence-electron chi connectivity index (χ0n) is 11.6. The average molecular weight is 375 g/mol. The van der Waals surface area contributed by atoms with Crippen LogP contribution in [0.25, 0.3) is 0 Å². The van der Waals surface area contributed by atoms with E-state index in [4.69, 9.17) is 5.14 Å². The van der Waals surface area contributed by atoms with Crippen molar-refractivity contribution in [1.82, 2.24) is 0 Å². The maximum Gasteiger partial charge on any atom is 0.238 e. The Morgan fingerprint density at radius 3 is 2.33 bits per heavy atom. The molecule has 0 aliphatic heterocycles. The fourth-order valence-electron chi connectivity index (χ4n) is 2.55. The summed E-state index contributed by atoms with van der Waals surface area (Å²) in [4.78, 5) is 12.3. The van der Waals surface area contributed by atoms with Crippen LogP contribution in [0.2, 0.25) is 0 Å². The van der Waals surface area contributed by atoms with Gasteiger partial charge in [0.15, 0.2) is 0 Å². The van der Waals surface area contributed by atoms with Crippen LogP contribution >= 0.6 is 15.9 Å². The third-order valence-corrected chi connectivity index (χ3v) is 5.32. The molecule has 0 saturated heterocycles. The monoisotopic (exact) mass is 374 g/mol. The number of nitrogens with two attached hydrogens (primary N) is 1. The number of halogens is 1. The fourth-order valence-corrected chi connectivity index (χ4v) is 3.72. The Hall–Kier alpha value is -0.920. The highest BCUT2D eigenvalue weighted by Gasteiger charge is 2.21. The van der Waals surface area contributed by atoms with Crippen LogP contribution in [0.1, 0.15) is 38.5 Å². The van der Waals surface area contributed by atoms with Crippen molar-refractivity contribution >= 4 is 37.5 Å². The first kappa shape index (κ1) is 16.5. The molecule has 0 atom stereocenters. The first-order chi connectivity index (χ1) is 9.88. The quantitative estimate of drug-likeness (QED) is 0.796. The van der Waals surface area contributed by atoms with Gasteiger partial charge >= 0.3 is 0 Å². The van der Waals surface area contributed by atoms with Gasteiger partial charge in [-0.05, 0) is 47.0 Å². The van der Waals surface area contributed by atoms with E-state index < -0.39 is 10.0 Å². The smallest absolute Gasteiger partial charge is 0.238 e. The minimum atomic E-state index is -3.74. The van der Waals surface area contributed by atoms with Crippen LogP contribution in [0.5, 0.6) is 0 Å². The second kappa shape index (κ2) is 6.89. The number of sulfonamides is 1. The van der Waals surface area contributed by atoms with Gasteiger partial charge in [-0.15, -0.1) is 0 Å². The summed E-state index contributed by atoms with van der Waals surface area (Å²) in [6.07, 6.45) is 6.39. The normalized spacial score (nSPS) is 17.2. The highest BCUT2D eigenvalue weighted by atomic mass is 79.9. The summed E-state index contributed by atoms with van der Waals surface area (Å²) in [5, 5.41) is 7.94. The molecule has 0 heterocycles. The third-order valence-electron chi connectivity index (χ3n) is 3.75. The first-order valence-corrected chi connectivity index (χ1v) is 9.35. The molecule has 0 unspecified atom stereocenters. The van der Waals surface area contributed by atoms with Gasteiger partial charge in [-0.25, -0.2) is 13.6 Å². The van der Waals surface area contributed by atoms with E-state index in [0.717, 1.165) is 25.7 Å². The van der Waals surface area contributed by atoms with E-state index in [1.165, 1.54) is 25.0 Å². The van der Waals surface area contributed by atoms with Crippen molar-refractivity contribution in [3.63, 3.8) is 0 Å². The van der Waals surface area contributed by atoms with Crippen LogP contribution in [0.3, 0.4) is 0 Å². The Morgan fingerprint density at radius 2 is 1.81 bits per heavy atom. The van der Waals surface area contributed by atoms with Gasteiger partial charge in [0.2, 0.25) is 15.9 Å². The lowest BCUT2D eigenvalue weighted by Crippen LogP contribution is -2.22. The summed E-state index contributed by atoms with van der Waals surface area (Å²) in [6.45, 7) is 0. The van der Waals surface area contributed by atoms with Crippen LogP contribution in [0.15, 0.2) is 27.6 Å². The SMILES string of the molecule is NS(=O)(=O)c1ccc(NC(=O)C2CCCCCC2)c(Br)c1. The van der Waals surface area contributed by atoms with E-state index in [-0.39, 0.29) is 16.7 Å². The van der Waals surface area contributed by atoms with Crippen LogP contribution in [0.4, 0.5) is 5.69 Å². The Kier molecular flexibility index (Phi) is 5.40. The molecule has 3 N–H and O–H groups in total. The molecule has 0 spiro atoms. The van der Waals surface area contributed by atoms with Gasteiger partial charge < -0.3 is 5.32 Å². The number of hydrogen-bond donors (Lipinski definition) is 2. The van der Waals surface area contributed by atoms with Crippen LogP contribution in [-0.2, 0) is 14.8 Å². The molecule has 1 fully saturated rings. The number of nitrogens with one attached hydrogen (secondary N) is 1. The maximum atomic E-state index is 12.3. The van der Waals surface area contributed by atoms with Crippen molar-refractivity contribution in [3.8, 4) is 0 Å². The second-order valence-electron chi connectivity index (χ2n) is 5.36. The van der Waals surface area contributed by atoms with E-state index in [1.54, 1.807) is 6.07 Å². The molecular formula is C14H19BrN2O3S. The van der Waals surface area contributed by atoms with Crippen molar-refractivity contribution in [3.05, 3.63) is 22.7 Å². The number of hydrogen-bond acceptors (Lipinski definition) is 3. The molecule has 7 heteroatoms. The Balaban J connectivity index is 2.10. The number of carbonyl (C=O) groups is 1. The maximum absolute atomic E-state index is 12.3. The Morgan fingerprint density at radius 1 is 1.19 bits per heavy atom. The van der Waals surface area contributed by atoms with E-state index in [9.17, 15) is 13.2 Å². The fraction of sp³-hybridized carbons (Fsp3) is 0.500. The molecule has 0 radical (unpaired) electrons. The van der Waals surface area contributed by atoms with Gasteiger partial charge in [-0.3, -0.25) is 4.79 Å². The zero-order chi connectivity index (χ0) is 15.5. The van der Waals surface area contributed by atoms with Gasteiger partial charge in [0, 0.05) is 10.4 Å². The average Bonchev–Trinajstić information content (AvgIpc) is 2.68. The van der Waals surface area contributed by atoms with E-state index in [0.29, 0.717) is 10.2 Å². The molecule has 1 aliphatic carbocycles. The van der Waals surface area contributed by atoms with Crippen LogP contribution in [0, 0.1) is 5.92 Å². The summed E-state index contributed by atoms with van der Waals surface area (Å²) in [6, 6.07) is 4.35. The van der Waals surface area contributed by atoms with Gasteiger partial charge in [0.25, 0.3) is 0 Å². The molecule has 1 aromatic carbocycles. The van der Waals surface area contributed by atoms with Gasteiger partial charge in [0.1, 0.15) is 0 Å². The van der Waals surface area contributed by atoms with E-state index >= 15 is 0 Å². The number of carbonyl (C=O) groups excluding carboxylic acids is 1. The van der Waals surface area contributed by atoms with Crippen molar-refractivity contribution in [2.75, 3.05) is 5.32 Å². The molecule has 21 heavy (non-hydrogen) atoms. The third kappa shape index (κ3) is 4.52. The lowest BCUT2D eigenvalue weighted by atomic mass is 9.99. The van der Waals surface area contributed by atoms with Gasteiger partial charge in [0.05, 0.1) is 10.6 Å². The summed E-state index contributed by atoms with van der Waals surface area (Å²) in [5.74, 6) is 0.0401. The minimum Gasteiger partial charge on any atom is -0.325 e. The second-order valence-corrected chi connectivity index (χ2v) is 7.78. The van der Waals surface area contributed by atoms with E-state index in [2.05, 4.69) is 21.2 Å². The molecule has 2 rings (SSSR count). The molecule has 1 aromatic rings. The molecule has 1 aliphatic rings.